The Hall–Kier alpha value is -1.53. The Bertz CT molecular complexity index is 919. The molecule has 1 amide bonds. The van der Waals surface area contributed by atoms with Crippen molar-refractivity contribution in [3.8, 4) is 0 Å². The molecule has 1 aliphatic heterocycles. The maximum atomic E-state index is 12.6. The van der Waals surface area contributed by atoms with E-state index in [1.165, 1.54) is 5.69 Å². The Morgan fingerprint density at radius 1 is 1.29 bits per heavy atom. The molecule has 1 saturated heterocycles. The first kappa shape index (κ1) is 16.0. The van der Waals surface area contributed by atoms with Crippen LogP contribution in [0.5, 0.6) is 0 Å². The number of amides is 1. The summed E-state index contributed by atoms with van der Waals surface area (Å²) in [6.07, 6.45) is 2.79. The highest BCUT2D eigenvalue weighted by Gasteiger charge is 2.32. The van der Waals surface area contributed by atoms with Gasteiger partial charge < -0.3 is 10.3 Å². The number of rotatable bonds is 2. The summed E-state index contributed by atoms with van der Waals surface area (Å²) in [5.74, 6) is 0.102. The number of aromatic amines is 1. The van der Waals surface area contributed by atoms with E-state index in [-0.39, 0.29) is 29.4 Å². The second-order valence-corrected chi connectivity index (χ2v) is 9.49. The van der Waals surface area contributed by atoms with Gasteiger partial charge in [0, 0.05) is 33.6 Å². The minimum Gasteiger partial charge on any atom is -0.358 e. The molecule has 1 fully saturated rings. The van der Waals surface area contributed by atoms with Crippen LogP contribution >= 0.6 is 11.6 Å². The van der Waals surface area contributed by atoms with E-state index in [4.69, 9.17) is 11.6 Å². The molecule has 0 bridgehead atoms. The molecule has 1 aromatic heterocycles. The molecule has 1 aromatic carbocycles. The first-order valence-electron chi connectivity index (χ1n) is 8.21. The Morgan fingerprint density at radius 2 is 2.12 bits per heavy atom. The third-order valence-corrected chi connectivity index (χ3v) is 7.10. The van der Waals surface area contributed by atoms with E-state index in [9.17, 15) is 13.2 Å². The Balaban J connectivity index is 1.52. The van der Waals surface area contributed by atoms with Crippen LogP contribution in [0.1, 0.15) is 24.1 Å². The zero-order valence-electron chi connectivity index (χ0n) is 13.1. The molecule has 2 heterocycles. The molecule has 0 spiro atoms. The van der Waals surface area contributed by atoms with E-state index < -0.39 is 9.84 Å². The fraction of sp³-hybridized carbons (Fsp3) is 0.471. The lowest BCUT2D eigenvalue weighted by atomic mass is 9.85. The van der Waals surface area contributed by atoms with Crippen LogP contribution < -0.4 is 5.32 Å². The summed E-state index contributed by atoms with van der Waals surface area (Å²) in [5, 5.41) is 4.70. The first-order chi connectivity index (χ1) is 11.4. The number of hydrogen-bond acceptors (Lipinski definition) is 3. The smallest absolute Gasteiger partial charge is 0.223 e. The first-order valence-corrected chi connectivity index (χ1v) is 10.4. The second-order valence-electron chi connectivity index (χ2n) is 6.82. The number of carbonyl (C=O) groups excluding carboxylic acids is 1. The van der Waals surface area contributed by atoms with E-state index in [0.717, 1.165) is 29.3 Å². The van der Waals surface area contributed by atoms with Crippen LogP contribution in [0.2, 0.25) is 5.02 Å². The van der Waals surface area contributed by atoms with Crippen molar-refractivity contribution in [1.29, 1.82) is 0 Å². The van der Waals surface area contributed by atoms with Gasteiger partial charge in [-0.1, -0.05) is 11.6 Å². The zero-order chi connectivity index (χ0) is 16.9. The molecule has 128 valence electrons. The van der Waals surface area contributed by atoms with E-state index in [1.54, 1.807) is 0 Å². The summed E-state index contributed by atoms with van der Waals surface area (Å²) in [6, 6.07) is 5.53. The van der Waals surface area contributed by atoms with Gasteiger partial charge >= 0.3 is 0 Å². The number of sulfone groups is 1. The fourth-order valence-corrected chi connectivity index (χ4v) is 5.69. The summed E-state index contributed by atoms with van der Waals surface area (Å²) in [5.41, 5.74) is 3.39. The highest BCUT2D eigenvalue weighted by molar-refractivity contribution is 7.91. The van der Waals surface area contributed by atoms with Gasteiger partial charge in [-0.25, -0.2) is 8.42 Å². The average molecular weight is 367 g/mol. The van der Waals surface area contributed by atoms with Crippen LogP contribution in [-0.2, 0) is 27.5 Å². The summed E-state index contributed by atoms with van der Waals surface area (Å²) >= 11 is 6.11. The molecule has 2 aromatic rings. The molecule has 4 rings (SSSR count). The minimum atomic E-state index is -2.98. The highest BCUT2D eigenvalue weighted by Crippen LogP contribution is 2.33. The van der Waals surface area contributed by atoms with Crippen molar-refractivity contribution in [2.75, 3.05) is 11.5 Å². The number of aryl methyl sites for hydroxylation is 1. The second kappa shape index (κ2) is 5.77. The molecule has 7 heteroatoms. The maximum Gasteiger partial charge on any atom is 0.223 e. The molecule has 24 heavy (non-hydrogen) atoms. The van der Waals surface area contributed by atoms with Crippen LogP contribution in [0, 0.1) is 5.92 Å². The summed E-state index contributed by atoms with van der Waals surface area (Å²) in [4.78, 5) is 16.0. The van der Waals surface area contributed by atoms with E-state index >= 15 is 0 Å². The van der Waals surface area contributed by atoms with Gasteiger partial charge in [0.15, 0.2) is 9.84 Å². The maximum absolute atomic E-state index is 12.6. The largest absolute Gasteiger partial charge is 0.358 e. The molecule has 5 nitrogen and oxygen atoms in total. The Kier molecular flexibility index (Phi) is 3.84. The van der Waals surface area contributed by atoms with Gasteiger partial charge in [-0.2, -0.15) is 0 Å². The summed E-state index contributed by atoms with van der Waals surface area (Å²) in [7, 11) is -2.98. The molecule has 0 radical (unpaired) electrons. The summed E-state index contributed by atoms with van der Waals surface area (Å²) < 4.78 is 23.1. The van der Waals surface area contributed by atoms with Crippen molar-refractivity contribution in [2.45, 2.75) is 31.7 Å². The molecule has 0 saturated carbocycles. The number of halogens is 1. The van der Waals surface area contributed by atoms with Gasteiger partial charge in [-0.15, -0.1) is 0 Å². The lowest BCUT2D eigenvalue weighted by Crippen LogP contribution is -2.41. The number of nitrogens with one attached hydrogen (secondary N) is 2. The van der Waals surface area contributed by atoms with Crippen LogP contribution in [0.25, 0.3) is 10.9 Å². The average Bonchev–Trinajstić information content (AvgIpc) is 3.06. The Labute approximate surface area is 145 Å². The Morgan fingerprint density at radius 3 is 2.88 bits per heavy atom. The lowest BCUT2D eigenvalue weighted by Gasteiger charge is -2.23. The van der Waals surface area contributed by atoms with Gasteiger partial charge in [-0.3, -0.25) is 4.79 Å². The van der Waals surface area contributed by atoms with Gasteiger partial charge in [0.25, 0.3) is 0 Å². The van der Waals surface area contributed by atoms with Gasteiger partial charge in [0.2, 0.25) is 5.91 Å². The number of aromatic nitrogens is 1. The minimum absolute atomic E-state index is 0.0286. The van der Waals surface area contributed by atoms with Crippen molar-refractivity contribution in [1.82, 2.24) is 10.3 Å². The number of fused-ring (bicyclic) bond motifs is 3. The molecule has 1 aliphatic carbocycles. The normalized spacial score (nSPS) is 25.5. The molecule has 2 aliphatic rings. The van der Waals surface area contributed by atoms with E-state index in [2.05, 4.69) is 10.3 Å². The van der Waals surface area contributed by atoms with Crippen molar-refractivity contribution in [3.63, 3.8) is 0 Å². The molecular weight excluding hydrogens is 348 g/mol. The van der Waals surface area contributed by atoms with Gasteiger partial charge in [0.1, 0.15) is 0 Å². The van der Waals surface area contributed by atoms with Gasteiger partial charge in [0.05, 0.1) is 11.5 Å². The van der Waals surface area contributed by atoms with E-state index in [1.807, 2.05) is 18.2 Å². The number of H-pyrrole nitrogens is 1. The SMILES string of the molecule is O=C(NC1CCS(=O)(=O)C1)C1CCc2[nH]c3ccc(Cl)cc3c2C1. The highest BCUT2D eigenvalue weighted by atomic mass is 35.5. The zero-order valence-corrected chi connectivity index (χ0v) is 14.7. The van der Waals surface area contributed by atoms with Crippen molar-refractivity contribution < 1.29 is 13.2 Å². The quantitative estimate of drug-likeness (QED) is 0.855. The monoisotopic (exact) mass is 366 g/mol. The fourth-order valence-electron chi connectivity index (χ4n) is 3.84. The van der Waals surface area contributed by atoms with Gasteiger partial charge in [-0.05, 0) is 49.4 Å². The third-order valence-electron chi connectivity index (χ3n) is 5.10. The predicted molar refractivity (Wildman–Crippen MR) is 94.0 cm³/mol. The van der Waals surface area contributed by atoms with Crippen molar-refractivity contribution >= 4 is 38.2 Å². The van der Waals surface area contributed by atoms with Crippen molar-refractivity contribution in [3.05, 3.63) is 34.5 Å². The molecule has 2 unspecified atom stereocenters. The predicted octanol–water partition coefficient (Wildman–Crippen LogP) is 2.23. The third kappa shape index (κ3) is 2.93. The lowest BCUT2D eigenvalue weighted by molar-refractivity contribution is -0.125. The van der Waals surface area contributed by atoms with Crippen LogP contribution in [-0.4, -0.2) is 36.9 Å². The number of benzene rings is 1. The van der Waals surface area contributed by atoms with Crippen LogP contribution in [0.15, 0.2) is 18.2 Å². The topological polar surface area (TPSA) is 79.0 Å². The number of hydrogen-bond donors (Lipinski definition) is 2. The van der Waals surface area contributed by atoms with Crippen LogP contribution in [0.4, 0.5) is 0 Å². The molecular formula is C17H19ClN2O3S. The molecule has 2 N–H and O–H groups in total. The number of carbonyl (C=O) groups is 1. The van der Waals surface area contributed by atoms with Crippen LogP contribution in [0.3, 0.4) is 0 Å². The van der Waals surface area contributed by atoms with E-state index in [0.29, 0.717) is 17.9 Å². The standard InChI is InChI=1S/C17H19ClN2O3S/c18-11-2-4-16-14(8-11)13-7-10(1-3-15(13)20-16)17(21)19-12-5-6-24(22,23)9-12/h2,4,8,10,12,20H,1,3,5-7,9H2,(H,19,21). The summed E-state index contributed by atoms with van der Waals surface area (Å²) in [6.45, 7) is 0. The van der Waals surface area contributed by atoms with Crippen molar-refractivity contribution in [2.24, 2.45) is 5.92 Å². The molecule has 2 atom stereocenters.